The van der Waals surface area contributed by atoms with Crippen LogP contribution in [0.15, 0.2) is 18.2 Å². The monoisotopic (exact) mass is 350 g/mol. The maximum Gasteiger partial charge on any atom is 0.258 e. The maximum atomic E-state index is 13.4. The third kappa shape index (κ3) is 4.67. The van der Waals surface area contributed by atoms with E-state index >= 15 is 0 Å². The molecule has 1 aliphatic rings. The first-order chi connectivity index (χ1) is 8.59. The lowest BCUT2D eigenvalue weighted by atomic mass is 10.0. The summed E-state index contributed by atoms with van der Waals surface area (Å²) < 4.78 is 39.7. The molecule has 0 amide bonds. The number of nitrogens with zero attached hydrogens (tertiary/aromatic N) is 1. The summed E-state index contributed by atoms with van der Waals surface area (Å²) in [4.78, 5) is 1.67. The molecule has 0 aliphatic carbocycles. The van der Waals surface area contributed by atoms with Gasteiger partial charge < -0.3 is 5.32 Å². The Morgan fingerprint density at radius 3 is 2.25 bits per heavy atom. The molecule has 1 saturated heterocycles. The minimum atomic E-state index is -2.55. The SMILES string of the molecule is Cl.Cl.Fc1cc([C@H](C(F)F)N2CCNCC2)ccc1Cl. The molecule has 8 heteroatoms. The van der Waals surface area contributed by atoms with Crippen LogP contribution in [0.5, 0.6) is 0 Å². The molecule has 1 N–H and O–H groups in total. The molecule has 2 nitrogen and oxygen atoms in total. The fraction of sp³-hybridized carbons (Fsp3) is 0.500. The van der Waals surface area contributed by atoms with Crippen LogP contribution in [0.3, 0.4) is 0 Å². The number of hydrogen-bond donors (Lipinski definition) is 1. The molecule has 0 bridgehead atoms. The Morgan fingerprint density at radius 2 is 1.75 bits per heavy atom. The van der Waals surface area contributed by atoms with Gasteiger partial charge in [0.05, 0.1) is 11.1 Å². The molecule has 1 aliphatic heterocycles. The predicted octanol–water partition coefficient (Wildman–Crippen LogP) is 3.53. The zero-order valence-electron chi connectivity index (χ0n) is 10.5. The van der Waals surface area contributed by atoms with E-state index in [1.807, 2.05) is 0 Å². The van der Waals surface area contributed by atoms with Crippen LogP contribution >= 0.6 is 36.4 Å². The van der Waals surface area contributed by atoms with Crippen LogP contribution in [0.1, 0.15) is 11.6 Å². The van der Waals surface area contributed by atoms with E-state index < -0.39 is 18.3 Å². The molecular formula is C12H16Cl3F3N2. The molecule has 0 aromatic heterocycles. The average molecular weight is 352 g/mol. The van der Waals surface area contributed by atoms with E-state index in [0.717, 1.165) is 6.07 Å². The third-order valence-corrected chi connectivity index (χ3v) is 3.38. The molecule has 2 rings (SSSR count). The van der Waals surface area contributed by atoms with Crippen LogP contribution in [-0.2, 0) is 0 Å². The smallest absolute Gasteiger partial charge is 0.258 e. The zero-order chi connectivity index (χ0) is 13.1. The van der Waals surface area contributed by atoms with E-state index in [2.05, 4.69) is 5.32 Å². The number of halogens is 6. The quantitative estimate of drug-likeness (QED) is 0.896. The fourth-order valence-electron chi connectivity index (χ4n) is 2.17. The second-order valence-corrected chi connectivity index (χ2v) is 4.65. The largest absolute Gasteiger partial charge is 0.314 e. The van der Waals surface area contributed by atoms with E-state index in [-0.39, 0.29) is 35.4 Å². The number of benzene rings is 1. The summed E-state index contributed by atoms with van der Waals surface area (Å²) in [7, 11) is 0. The van der Waals surface area contributed by atoms with Crippen molar-refractivity contribution in [1.82, 2.24) is 10.2 Å². The van der Waals surface area contributed by atoms with Crippen molar-refractivity contribution in [1.29, 1.82) is 0 Å². The van der Waals surface area contributed by atoms with Gasteiger partial charge in [0.1, 0.15) is 5.82 Å². The van der Waals surface area contributed by atoms with Crippen LogP contribution < -0.4 is 5.32 Å². The first kappa shape index (κ1) is 19.8. The fourth-order valence-corrected chi connectivity index (χ4v) is 2.29. The molecule has 0 spiro atoms. The molecule has 1 aromatic rings. The first-order valence-electron chi connectivity index (χ1n) is 5.77. The summed E-state index contributed by atoms with van der Waals surface area (Å²) >= 11 is 5.56. The number of nitrogens with one attached hydrogen (secondary N) is 1. The van der Waals surface area contributed by atoms with Crippen LogP contribution in [0, 0.1) is 5.82 Å². The normalized spacial score (nSPS) is 17.2. The Hall–Kier alpha value is -0.200. The van der Waals surface area contributed by atoms with Crippen LogP contribution in [0.4, 0.5) is 13.2 Å². The van der Waals surface area contributed by atoms with Crippen molar-refractivity contribution >= 4 is 36.4 Å². The van der Waals surface area contributed by atoms with Gasteiger partial charge in [0.2, 0.25) is 0 Å². The number of alkyl halides is 2. The van der Waals surface area contributed by atoms with E-state index in [4.69, 9.17) is 11.6 Å². The highest BCUT2D eigenvalue weighted by atomic mass is 35.5. The Bertz CT molecular complexity index is 415. The minimum Gasteiger partial charge on any atom is -0.314 e. The van der Waals surface area contributed by atoms with E-state index in [1.54, 1.807) is 4.90 Å². The van der Waals surface area contributed by atoms with Gasteiger partial charge in [-0.25, -0.2) is 13.2 Å². The zero-order valence-corrected chi connectivity index (χ0v) is 12.9. The van der Waals surface area contributed by atoms with Crippen molar-refractivity contribution in [2.45, 2.75) is 12.5 Å². The lowest BCUT2D eigenvalue weighted by Gasteiger charge is -2.34. The van der Waals surface area contributed by atoms with Gasteiger partial charge in [-0.1, -0.05) is 17.7 Å². The second kappa shape index (κ2) is 8.95. The van der Waals surface area contributed by atoms with Crippen molar-refractivity contribution in [3.63, 3.8) is 0 Å². The molecular weight excluding hydrogens is 335 g/mol. The third-order valence-electron chi connectivity index (χ3n) is 3.07. The van der Waals surface area contributed by atoms with Gasteiger partial charge >= 0.3 is 0 Å². The Morgan fingerprint density at radius 1 is 1.15 bits per heavy atom. The minimum absolute atomic E-state index is 0. The lowest BCUT2D eigenvalue weighted by Crippen LogP contribution is -2.46. The highest BCUT2D eigenvalue weighted by Crippen LogP contribution is 2.29. The Kier molecular flexibility index (Phi) is 8.86. The molecule has 0 unspecified atom stereocenters. The average Bonchev–Trinajstić information content (AvgIpc) is 2.35. The molecule has 1 aromatic carbocycles. The van der Waals surface area contributed by atoms with Crippen molar-refractivity contribution in [3.05, 3.63) is 34.6 Å². The summed E-state index contributed by atoms with van der Waals surface area (Å²) in [5.41, 5.74) is 0.272. The molecule has 1 fully saturated rings. The highest BCUT2D eigenvalue weighted by molar-refractivity contribution is 6.30. The number of piperazine rings is 1. The lowest BCUT2D eigenvalue weighted by molar-refractivity contribution is 0.0180. The summed E-state index contributed by atoms with van der Waals surface area (Å²) in [5.74, 6) is -0.657. The van der Waals surface area contributed by atoms with Gasteiger partial charge in [-0.3, -0.25) is 4.90 Å². The molecule has 1 atom stereocenters. The number of rotatable bonds is 3. The van der Waals surface area contributed by atoms with Gasteiger partial charge in [0.15, 0.2) is 0 Å². The van der Waals surface area contributed by atoms with Crippen LogP contribution in [0.2, 0.25) is 5.02 Å². The molecule has 1 heterocycles. The van der Waals surface area contributed by atoms with E-state index in [9.17, 15) is 13.2 Å². The standard InChI is InChI=1S/C12H14ClF3N2.2ClH/c13-9-2-1-8(7-10(9)14)11(12(15)16)18-5-3-17-4-6-18;;/h1-2,7,11-12,17H,3-6H2;2*1H/t11-;;/m1../s1. The van der Waals surface area contributed by atoms with E-state index in [0.29, 0.717) is 26.2 Å². The molecule has 20 heavy (non-hydrogen) atoms. The maximum absolute atomic E-state index is 13.4. The Balaban J connectivity index is 0.00000180. The highest BCUT2D eigenvalue weighted by Gasteiger charge is 2.30. The number of hydrogen-bond acceptors (Lipinski definition) is 2. The predicted molar refractivity (Wildman–Crippen MR) is 79.1 cm³/mol. The van der Waals surface area contributed by atoms with Crippen LogP contribution in [-0.4, -0.2) is 37.5 Å². The molecule has 116 valence electrons. The first-order valence-corrected chi connectivity index (χ1v) is 6.15. The molecule has 0 radical (unpaired) electrons. The topological polar surface area (TPSA) is 15.3 Å². The summed E-state index contributed by atoms with van der Waals surface area (Å²) in [5, 5.41) is 3.05. The molecule has 0 saturated carbocycles. The van der Waals surface area contributed by atoms with Gasteiger partial charge in [-0.2, -0.15) is 0 Å². The van der Waals surface area contributed by atoms with Gasteiger partial charge in [0.25, 0.3) is 6.43 Å². The summed E-state index contributed by atoms with van der Waals surface area (Å²) in [6.07, 6.45) is -2.55. The second-order valence-electron chi connectivity index (χ2n) is 4.24. The van der Waals surface area contributed by atoms with Crippen molar-refractivity contribution in [2.24, 2.45) is 0 Å². The van der Waals surface area contributed by atoms with E-state index in [1.165, 1.54) is 12.1 Å². The summed E-state index contributed by atoms with van der Waals surface area (Å²) in [6, 6.07) is 2.81. The summed E-state index contributed by atoms with van der Waals surface area (Å²) in [6.45, 7) is 2.39. The van der Waals surface area contributed by atoms with Gasteiger partial charge in [-0.05, 0) is 17.7 Å². The van der Waals surface area contributed by atoms with Crippen LogP contribution in [0.25, 0.3) is 0 Å². The van der Waals surface area contributed by atoms with Crippen molar-refractivity contribution < 1.29 is 13.2 Å². The van der Waals surface area contributed by atoms with Crippen molar-refractivity contribution in [3.8, 4) is 0 Å². The Labute approximate surface area is 133 Å². The van der Waals surface area contributed by atoms with Crippen molar-refractivity contribution in [2.75, 3.05) is 26.2 Å². The van der Waals surface area contributed by atoms with Gasteiger partial charge in [0, 0.05) is 26.2 Å². The van der Waals surface area contributed by atoms with Gasteiger partial charge in [-0.15, -0.1) is 24.8 Å².